The third kappa shape index (κ3) is 2.67. The smallest absolute Gasteiger partial charge is 0.251 e. The fourth-order valence-corrected chi connectivity index (χ4v) is 2.06. The van der Waals surface area contributed by atoms with E-state index in [0.717, 1.165) is 17.7 Å². The Labute approximate surface area is 111 Å². The van der Waals surface area contributed by atoms with Gasteiger partial charge in [-0.2, -0.15) is 5.10 Å². The molecule has 0 bridgehead atoms. The van der Waals surface area contributed by atoms with Crippen LogP contribution in [0.25, 0.3) is 0 Å². The van der Waals surface area contributed by atoms with E-state index in [9.17, 15) is 4.79 Å². The summed E-state index contributed by atoms with van der Waals surface area (Å²) < 4.78 is 6.80. The molecule has 1 N–H and O–H groups in total. The Morgan fingerprint density at radius 3 is 2.89 bits per heavy atom. The van der Waals surface area contributed by atoms with E-state index < -0.39 is 0 Å². The van der Waals surface area contributed by atoms with Crippen LogP contribution in [0.4, 0.5) is 5.88 Å². The molecule has 1 amide bonds. The molecule has 1 atom stereocenters. The summed E-state index contributed by atoms with van der Waals surface area (Å²) in [6.07, 6.45) is 4.86. The number of rotatable bonds is 5. The second-order valence-corrected chi connectivity index (χ2v) is 4.33. The van der Waals surface area contributed by atoms with Gasteiger partial charge in [0.2, 0.25) is 5.88 Å². The van der Waals surface area contributed by atoms with E-state index in [1.807, 2.05) is 20.8 Å². The Bertz CT molecular complexity index is 545. The fraction of sp³-hybridized carbons (Fsp3) is 0.462. The number of nitrogens with one attached hydrogen (secondary N) is 1. The van der Waals surface area contributed by atoms with Gasteiger partial charge in [0.05, 0.1) is 5.69 Å². The molecule has 2 aromatic heterocycles. The van der Waals surface area contributed by atoms with Gasteiger partial charge in [-0.05, 0) is 25.8 Å². The van der Waals surface area contributed by atoms with Gasteiger partial charge in [-0.3, -0.25) is 14.8 Å². The van der Waals surface area contributed by atoms with Crippen LogP contribution < -0.4 is 5.32 Å². The van der Waals surface area contributed by atoms with Gasteiger partial charge in [0.15, 0.2) is 0 Å². The van der Waals surface area contributed by atoms with Crippen molar-refractivity contribution in [2.45, 2.75) is 39.7 Å². The molecule has 0 radical (unpaired) electrons. The summed E-state index contributed by atoms with van der Waals surface area (Å²) in [5, 5.41) is 10.8. The summed E-state index contributed by atoms with van der Waals surface area (Å²) in [6.45, 7) is 5.81. The number of nitrogens with zero attached hydrogens (tertiary/aromatic N) is 3. The highest BCUT2D eigenvalue weighted by Crippen LogP contribution is 2.21. The molecule has 6 heteroatoms. The third-order valence-electron chi connectivity index (χ3n) is 3.11. The number of hydrogen-bond acceptors (Lipinski definition) is 4. The van der Waals surface area contributed by atoms with Crippen LogP contribution in [-0.4, -0.2) is 20.8 Å². The molecule has 1 unspecified atom stereocenters. The Morgan fingerprint density at radius 2 is 2.32 bits per heavy atom. The number of hydrogen-bond donors (Lipinski definition) is 1. The molecule has 0 aliphatic carbocycles. The number of anilines is 1. The highest BCUT2D eigenvalue weighted by Gasteiger charge is 2.22. The normalized spacial score (nSPS) is 12.4. The maximum atomic E-state index is 12.3. The van der Waals surface area contributed by atoms with Crippen molar-refractivity contribution in [2.24, 2.45) is 0 Å². The van der Waals surface area contributed by atoms with Crippen molar-refractivity contribution in [3.63, 3.8) is 0 Å². The largest absolute Gasteiger partial charge is 0.338 e. The van der Waals surface area contributed by atoms with Crippen LogP contribution in [0.1, 0.15) is 37.6 Å². The molecule has 2 aromatic rings. The minimum Gasteiger partial charge on any atom is -0.338 e. The van der Waals surface area contributed by atoms with E-state index in [1.54, 1.807) is 23.1 Å². The minimum atomic E-state index is -0.342. The van der Waals surface area contributed by atoms with E-state index >= 15 is 0 Å². The molecule has 0 saturated carbocycles. The number of aryl methyl sites for hydroxylation is 1. The van der Waals surface area contributed by atoms with Crippen molar-refractivity contribution in [1.29, 1.82) is 0 Å². The maximum absolute atomic E-state index is 12.3. The summed E-state index contributed by atoms with van der Waals surface area (Å²) in [6, 6.07) is 1.46. The van der Waals surface area contributed by atoms with Gasteiger partial charge in [0, 0.05) is 18.0 Å². The molecule has 0 aliphatic heterocycles. The predicted octanol–water partition coefficient (Wildman–Crippen LogP) is 2.33. The van der Waals surface area contributed by atoms with E-state index in [-0.39, 0.29) is 11.9 Å². The molecule has 0 fully saturated rings. The van der Waals surface area contributed by atoms with Crippen LogP contribution >= 0.6 is 0 Å². The summed E-state index contributed by atoms with van der Waals surface area (Å²) in [5.74, 6) is 0.299. The van der Waals surface area contributed by atoms with Crippen molar-refractivity contribution in [2.75, 3.05) is 5.32 Å². The SMILES string of the molecule is CCc1c(C)noc1NC(=O)C(CC)n1cccn1. The summed E-state index contributed by atoms with van der Waals surface area (Å²) in [4.78, 5) is 12.3. The maximum Gasteiger partial charge on any atom is 0.251 e. The second-order valence-electron chi connectivity index (χ2n) is 4.33. The molecule has 102 valence electrons. The second kappa shape index (κ2) is 5.69. The third-order valence-corrected chi connectivity index (χ3v) is 3.11. The minimum absolute atomic E-state index is 0.142. The Kier molecular flexibility index (Phi) is 3.99. The molecule has 0 spiro atoms. The van der Waals surface area contributed by atoms with Crippen molar-refractivity contribution < 1.29 is 9.32 Å². The number of aromatic nitrogens is 3. The highest BCUT2D eigenvalue weighted by molar-refractivity contribution is 5.93. The highest BCUT2D eigenvalue weighted by atomic mass is 16.5. The Hall–Kier alpha value is -2.11. The summed E-state index contributed by atoms with van der Waals surface area (Å²) >= 11 is 0. The first kappa shape index (κ1) is 13.3. The quantitative estimate of drug-likeness (QED) is 0.897. The average molecular weight is 262 g/mol. The molecular weight excluding hydrogens is 244 g/mol. The van der Waals surface area contributed by atoms with E-state index in [0.29, 0.717) is 12.3 Å². The van der Waals surface area contributed by atoms with Crippen LogP contribution in [0, 0.1) is 6.92 Å². The molecule has 0 aromatic carbocycles. The molecule has 0 saturated heterocycles. The summed E-state index contributed by atoms with van der Waals surface area (Å²) in [7, 11) is 0. The van der Waals surface area contributed by atoms with Gasteiger partial charge >= 0.3 is 0 Å². The standard InChI is InChI=1S/C13H18N4O2/c1-4-10-9(3)16-19-13(10)15-12(18)11(5-2)17-8-6-7-14-17/h6-8,11H,4-5H2,1-3H3,(H,15,18). The van der Waals surface area contributed by atoms with Crippen LogP contribution in [0.3, 0.4) is 0 Å². The van der Waals surface area contributed by atoms with Gasteiger partial charge in [-0.15, -0.1) is 0 Å². The molecule has 19 heavy (non-hydrogen) atoms. The van der Waals surface area contributed by atoms with Crippen LogP contribution in [0.15, 0.2) is 23.0 Å². The Morgan fingerprint density at radius 1 is 1.53 bits per heavy atom. The van der Waals surface area contributed by atoms with Crippen LogP contribution in [-0.2, 0) is 11.2 Å². The lowest BCUT2D eigenvalue weighted by molar-refractivity contribution is -0.119. The average Bonchev–Trinajstić information content (AvgIpc) is 3.01. The first-order valence-electron chi connectivity index (χ1n) is 6.42. The van der Waals surface area contributed by atoms with Gasteiger partial charge in [0.25, 0.3) is 5.91 Å². The van der Waals surface area contributed by atoms with E-state index in [1.165, 1.54) is 0 Å². The van der Waals surface area contributed by atoms with Crippen LogP contribution in [0.5, 0.6) is 0 Å². The number of amides is 1. The monoisotopic (exact) mass is 262 g/mol. The number of carbonyl (C=O) groups excluding carboxylic acids is 1. The summed E-state index contributed by atoms with van der Waals surface area (Å²) in [5.41, 5.74) is 1.74. The Balaban J connectivity index is 2.16. The molecular formula is C13H18N4O2. The lowest BCUT2D eigenvalue weighted by Gasteiger charge is -2.14. The van der Waals surface area contributed by atoms with E-state index in [2.05, 4.69) is 15.6 Å². The van der Waals surface area contributed by atoms with Gasteiger partial charge in [-0.25, -0.2) is 0 Å². The molecule has 2 rings (SSSR count). The lowest BCUT2D eigenvalue weighted by atomic mass is 10.2. The zero-order valence-corrected chi connectivity index (χ0v) is 11.4. The van der Waals surface area contributed by atoms with Gasteiger partial charge in [-0.1, -0.05) is 19.0 Å². The van der Waals surface area contributed by atoms with Crippen molar-refractivity contribution in [3.8, 4) is 0 Å². The van der Waals surface area contributed by atoms with E-state index in [4.69, 9.17) is 4.52 Å². The van der Waals surface area contributed by atoms with Gasteiger partial charge < -0.3 is 4.52 Å². The first-order chi connectivity index (χ1) is 9.17. The van der Waals surface area contributed by atoms with Crippen molar-refractivity contribution in [1.82, 2.24) is 14.9 Å². The van der Waals surface area contributed by atoms with Crippen LogP contribution in [0.2, 0.25) is 0 Å². The molecule has 6 nitrogen and oxygen atoms in total. The lowest BCUT2D eigenvalue weighted by Crippen LogP contribution is -2.26. The van der Waals surface area contributed by atoms with Crippen molar-refractivity contribution >= 4 is 11.8 Å². The first-order valence-corrected chi connectivity index (χ1v) is 6.42. The van der Waals surface area contributed by atoms with Crippen molar-refractivity contribution in [3.05, 3.63) is 29.7 Å². The zero-order chi connectivity index (χ0) is 13.8. The molecule has 0 aliphatic rings. The van der Waals surface area contributed by atoms with Gasteiger partial charge in [0.1, 0.15) is 6.04 Å². The number of carbonyl (C=O) groups is 1. The molecule has 2 heterocycles. The predicted molar refractivity (Wildman–Crippen MR) is 70.8 cm³/mol. The fourth-order valence-electron chi connectivity index (χ4n) is 2.06. The topological polar surface area (TPSA) is 73.0 Å². The zero-order valence-electron chi connectivity index (χ0n) is 11.4.